The Morgan fingerprint density at radius 3 is 3.20 bits per heavy atom. The van der Waals surface area contributed by atoms with Crippen molar-refractivity contribution in [1.29, 1.82) is 0 Å². The van der Waals surface area contributed by atoms with E-state index in [1.165, 1.54) is 10.4 Å². The minimum absolute atomic E-state index is 0.00166. The molecule has 4 nitrogen and oxygen atoms in total. The Hall–Kier alpha value is -1.88. The molecule has 3 rings (SSSR count). The van der Waals surface area contributed by atoms with Gasteiger partial charge in [-0.3, -0.25) is 4.98 Å². The first kappa shape index (κ1) is 13.1. The fourth-order valence-corrected chi connectivity index (χ4v) is 3.30. The highest BCUT2D eigenvalue weighted by atomic mass is 32.1. The van der Waals surface area contributed by atoms with E-state index in [4.69, 9.17) is 0 Å². The molecular formula is C15H17N3OS. The first-order valence-corrected chi connectivity index (χ1v) is 7.62. The van der Waals surface area contributed by atoms with Crippen LogP contribution in [0, 0.1) is 0 Å². The summed E-state index contributed by atoms with van der Waals surface area (Å²) in [6, 6.07) is 5.95. The third kappa shape index (κ3) is 2.67. The van der Waals surface area contributed by atoms with Crippen molar-refractivity contribution in [3.63, 3.8) is 0 Å². The van der Waals surface area contributed by atoms with Crippen molar-refractivity contribution in [1.82, 2.24) is 15.2 Å². The summed E-state index contributed by atoms with van der Waals surface area (Å²) < 4.78 is 0. The van der Waals surface area contributed by atoms with Crippen LogP contribution >= 0.6 is 11.3 Å². The number of fused-ring (bicyclic) bond motifs is 1. The second-order valence-corrected chi connectivity index (χ2v) is 6.00. The number of nitrogens with zero attached hydrogens (tertiary/aromatic N) is 2. The monoisotopic (exact) mass is 287 g/mol. The molecule has 20 heavy (non-hydrogen) atoms. The summed E-state index contributed by atoms with van der Waals surface area (Å²) in [7, 11) is 0. The predicted molar refractivity (Wildman–Crippen MR) is 79.6 cm³/mol. The number of carbonyl (C=O) groups excluding carboxylic acids is 1. The fraction of sp³-hybridized carbons (Fsp3) is 0.333. The summed E-state index contributed by atoms with van der Waals surface area (Å²) in [6.45, 7) is 3.48. The van der Waals surface area contributed by atoms with Gasteiger partial charge in [-0.05, 0) is 42.0 Å². The quantitative estimate of drug-likeness (QED) is 0.923. The first-order valence-electron chi connectivity index (χ1n) is 6.74. The maximum absolute atomic E-state index is 12.3. The van der Waals surface area contributed by atoms with Crippen LogP contribution in [0.1, 0.15) is 29.0 Å². The molecule has 1 N–H and O–H groups in total. The molecule has 1 aliphatic rings. The van der Waals surface area contributed by atoms with Crippen molar-refractivity contribution in [2.75, 3.05) is 6.54 Å². The van der Waals surface area contributed by atoms with E-state index in [2.05, 4.69) is 21.7 Å². The molecule has 0 saturated carbocycles. The van der Waals surface area contributed by atoms with Crippen LogP contribution in [-0.4, -0.2) is 22.5 Å². The number of rotatable bonds is 2. The zero-order valence-corrected chi connectivity index (χ0v) is 12.2. The van der Waals surface area contributed by atoms with Gasteiger partial charge < -0.3 is 10.2 Å². The molecule has 0 aliphatic carbocycles. The van der Waals surface area contributed by atoms with E-state index in [1.54, 1.807) is 23.7 Å². The van der Waals surface area contributed by atoms with Gasteiger partial charge in [-0.1, -0.05) is 6.07 Å². The van der Waals surface area contributed by atoms with Crippen LogP contribution < -0.4 is 5.32 Å². The lowest BCUT2D eigenvalue weighted by Gasteiger charge is -2.28. The molecule has 0 saturated heterocycles. The topological polar surface area (TPSA) is 45.2 Å². The van der Waals surface area contributed by atoms with Crippen LogP contribution in [0.3, 0.4) is 0 Å². The van der Waals surface area contributed by atoms with E-state index >= 15 is 0 Å². The zero-order valence-electron chi connectivity index (χ0n) is 11.4. The number of aromatic nitrogens is 1. The number of hydrogen-bond acceptors (Lipinski definition) is 3. The molecule has 0 bridgehead atoms. The minimum atomic E-state index is -0.0277. The third-order valence-electron chi connectivity index (χ3n) is 3.62. The molecule has 5 heteroatoms. The van der Waals surface area contributed by atoms with Gasteiger partial charge in [-0.2, -0.15) is 0 Å². The molecule has 0 spiro atoms. The molecule has 0 aromatic carbocycles. The second-order valence-electron chi connectivity index (χ2n) is 5.00. The average Bonchev–Trinajstić information content (AvgIpc) is 2.95. The summed E-state index contributed by atoms with van der Waals surface area (Å²) in [6.07, 6.45) is 4.49. The summed E-state index contributed by atoms with van der Waals surface area (Å²) in [4.78, 5) is 19.7. The minimum Gasteiger partial charge on any atom is -0.331 e. The van der Waals surface area contributed by atoms with Crippen LogP contribution in [0.2, 0.25) is 0 Å². The smallest absolute Gasteiger partial charge is 0.318 e. The summed E-state index contributed by atoms with van der Waals surface area (Å²) >= 11 is 1.78. The molecule has 2 aromatic rings. The maximum atomic E-state index is 12.3. The van der Waals surface area contributed by atoms with Crippen molar-refractivity contribution in [2.45, 2.75) is 25.9 Å². The number of nitrogens with one attached hydrogen (secondary N) is 1. The van der Waals surface area contributed by atoms with Gasteiger partial charge >= 0.3 is 6.03 Å². The molecular weight excluding hydrogens is 270 g/mol. The molecule has 0 fully saturated rings. The van der Waals surface area contributed by atoms with E-state index in [-0.39, 0.29) is 12.1 Å². The summed E-state index contributed by atoms with van der Waals surface area (Å²) in [5.74, 6) is 0. The molecule has 104 valence electrons. The molecule has 0 radical (unpaired) electrons. The van der Waals surface area contributed by atoms with Gasteiger partial charge in [0.15, 0.2) is 0 Å². The highest BCUT2D eigenvalue weighted by Gasteiger charge is 2.22. The lowest BCUT2D eigenvalue weighted by molar-refractivity contribution is 0.189. The van der Waals surface area contributed by atoms with Gasteiger partial charge in [0.25, 0.3) is 0 Å². The predicted octanol–water partition coefficient (Wildman–Crippen LogP) is 2.97. The SMILES string of the molecule is CC(NC(=O)N1CCc2sccc2C1)c1cccnc1. The highest BCUT2D eigenvalue weighted by molar-refractivity contribution is 7.10. The number of amides is 2. The Balaban J connectivity index is 1.63. The molecule has 2 amide bonds. The van der Waals surface area contributed by atoms with E-state index in [0.717, 1.165) is 18.5 Å². The maximum Gasteiger partial charge on any atom is 0.318 e. The Kier molecular flexibility index (Phi) is 3.69. The first-order chi connectivity index (χ1) is 9.74. The number of thiophene rings is 1. The highest BCUT2D eigenvalue weighted by Crippen LogP contribution is 2.24. The van der Waals surface area contributed by atoms with Crippen molar-refractivity contribution < 1.29 is 4.79 Å². The van der Waals surface area contributed by atoms with Crippen molar-refractivity contribution >= 4 is 17.4 Å². The second kappa shape index (κ2) is 5.63. The van der Waals surface area contributed by atoms with Crippen LogP contribution in [-0.2, 0) is 13.0 Å². The number of hydrogen-bond donors (Lipinski definition) is 1. The van der Waals surface area contributed by atoms with Gasteiger partial charge in [-0.25, -0.2) is 4.79 Å². The van der Waals surface area contributed by atoms with E-state index in [1.807, 2.05) is 24.0 Å². The number of urea groups is 1. The van der Waals surface area contributed by atoms with Gasteiger partial charge in [0.1, 0.15) is 0 Å². The molecule has 1 unspecified atom stereocenters. The van der Waals surface area contributed by atoms with E-state index in [9.17, 15) is 4.79 Å². The standard InChI is InChI=1S/C15H17N3OS/c1-11(12-3-2-6-16-9-12)17-15(19)18-7-4-14-13(10-18)5-8-20-14/h2-3,5-6,8-9,11H,4,7,10H2,1H3,(H,17,19). The van der Waals surface area contributed by atoms with Crippen molar-refractivity contribution in [2.24, 2.45) is 0 Å². The molecule has 1 aliphatic heterocycles. The van der Waals surface area contributed by atoms with Crippen LogP contribution in [0.15, 0.2) is 36.0 Å². The van der Waals surface area contributed by atoms with Gasteiger partial charge in [-0.15, -0.1) is 11.3 Å². The molecule has 2 aromatic heterocycles. The molecule has 3 heterocycles. The Bertz CT molecular complexity index is 596. The largest absolute Gasteiger partial charge is 0.331 e. The van der Waals surface area contributed by atoms with Gasteiger partial charge in [0, 0.05) is 30.4 Å². The van der Waals surface area contributed by atoms with E-state index < -0.39 is 0 Å². The Labute approximate surface area is 122 Å². The molecule has 1 atom stereocenters. The Morgan fingerprint density at radius 2 is 2.40 bits per heavy atom. The normalized spacial score (nSPS) is 15.6. The van der Waals surface area contributed by atoms with Gasteiger partial charge in [0.2, 0.25) is 0 Å². The average molecular weight is 287 g/mol. The van der Waals surface area contributed by atoms with E-state index in [0.29, 0.717) is 6.54 Å². The van der Waals surface area contributed by atoms with Gasteiger partial charge in [0.05, 0.1) is 6.04 Å². The van der Waals surface area contributed by atoms with Crippen molar-refractivity contribution in [3.05, 3.63) is 52.0 Å². The van der Waals surface area contributed by atoms with Crippen LogP contribution in [0.25, 0.3) is 0 Å². The lowest BCUT2D eigenvalue weighted by atomic mass is 10.1. The third-order valence-corrected chi connectivity index (χ3v) is 4.64. The summed E-state index contributed by atoms with van der Waals surface area (Å²) in [5.41, 5.74) is 2.31. The van der Waals surface area contributed by atoms with Crippen LogP contribution in [0.5, 0.6) is 0 Å². The summed E-state index contributed by atoms with van der Waals surface area (Å²) in [5, 5.41) is 5.14. The number of pyridine rings is 1. The zero-order chi connectivity index (χ0) is 13.9. The lowest BCUT2D eigenvalue weighted by Crippen LogP contribution is -2.43. The fourth-order valence-electron chi connectivity index (χ4n) is 2.41. The Morgan fingerprint density at radius 1 is 1.50 bits per heavy atom. The number of carbonyl (C=O) groups is 1. The van der Waals surface area contributed by atoms with Crippen molar-refractivity contribution in [3.8, 4) is 0 Å². The van der Waals surface area contributed by atoms with Crippen LogP contribution in [0.4, 0.5) is 4.79 Å².